The molecule has 0 unspecified atom stereocenters. The van der Waals surface area contributed by atoms with Crippen LogP contribution in [0.5, 0.6) is 5.75 Å². The van der Waals surface area contributed by atoms with Gasteiger partial charge in [-0.3, -0.25) is 4.57 Å². The Bertz CT molecular complexity index is 970. The lowest BCUT2D eigenvalue weighted by Gasteiger charge is -2.10. The summed E-state index contributed by atoms with van der Waals surface area (Å²) in [5.74, 6) is 1.11. The number of imidazole rings is 1. The predicted molar refractivity (Wildman–Crippen MR) is 92.9 cm³/mol. The van der Waals surface area contributed by atoms with Gasteiger partial charge in [0.25, 0.3) is 0 Å². The molecule has 112 valence electrons. The number of aromatic hydroxyl groups is 1. The fourth-order valence-electron chi connectivity index (χ4n) is 2.80. The Kier molecular flexibility index (Phi) is 3.12. The molecule has 1 N–H and O–H groups in total. The molecule has 0 saturated carbocycles. The molecule has 3 aromatic carbocycles. The van der Waals surface area contributed by atoms with Crippen LogP contribution in [0.4, 0.5) is 0 Å². The van der Waals surface area contributed by atoms with E-state index in [1.807, 2.05) is 36.4 Å². The van der Waals surface area contributed by atoms with Gasteiger partial charge in [0.05, 0.1) is 11.0 Å². The van der Waals surface area contributed by atoms with E-state index in [1.165, 1.54) is 5.56 Å². The van der Waals surface area contributed by atoms with Gasteiger partial charge in [0.1, 0.15) is 11.6 Å². The summed E-state index contributed by atoms with van der Waals surface area (Å²) in [6.45, 7) is 2.07. The summed E-state index contributed by atoms with van der Waals surface area (Å²) in [4.78, 5) is 4.77. The molecule has 4 aromatic rings. The third-order valence-electron chi connectivity index (χ3n) is 3.96. The lowest BCUT2D eigenvalue weighted by Crippen LogP contribution is -1.97. The second-order valence-corrected chi connectivity index (χ2v) is 5.65. The fourth-order valence-corrected chi connectivity index (χ4v) is 2.80. The highest BCUT2D eigenvalue weighted by molar-refractivity contribution is 5.84. The van der Waals surface area contributed by atoms with Gasteiger partial charge in [-0.15, -0.1) is 0 Å². The van der Waals surface area contributed by atoms with Crippen molar-refractivity contribution in [2.24, 2.45) is 0 Å². The van der Waals surface area contributed by atoms with Crippen LogP contribution in [0.25, 0.3) is 28.1 Å². The first kappa shape index (κ1) is 13.6. The average Bonchev–Trinajstić information content (AvgIpc) is 2.95. The largest absolute Gasteiger partial charge is 0.508 e. The number of phenolic OH excluding ortho intramolecular Hbond substituents is 1. The molecular weight excluding hydrogens is 284 g/mol. The van der Waals surface area contributed by atoms with E-state index in [9.17, 15) is 5.11 Å². The van der Waals surface area contributed by atoms with Gasteiger partial charge in [-0.1, -0.05) is 48.0 Å². The highest BCUT2D eigenvalue weighted by Crippen LogP contribution is 2.30. The predicted octanol–water partition coefficient (Wildman–Crippen LogP) is 4.71. The molecule has 1 heterocycles. The van der Waals surface area contributed by atoms with E-state index in [0.717, 1.165) is 28.1 Å². The number of benzene rings is 3. The fraction of sp³-hybridized carbons (Fsp3) is 0.0500. The smallest absolute Gasteiger partial charge is 0.145 e. The van der Waals surface area contributed by atoms with Gasteiger partial charge in [0.15, 0.2) is 0 Å². The number of aryl methyl sites for hydroxylation is 1. The summed E-state index contributed by atoms with van der Waals surface area (Å²) in [5, 5.41) is 9.88. The van der Waals surface area contributed by atoms with Gasteiger partial charge in [-0.2, -0.15) is 0 Å². The first-order valence-electron chi connectivity index (χ1n) is 7.56. The van der Waals surface area contributed by atoms with Crippen molar-refractivity contribution in [3.63, 3.8) is 0 Å². The molecule has 0 atom stereocenters. The van der Waals surface area contributed by atoms with Gasteiger partial charge < -0.3 is 5.11 Å². The molecule has 3 heteroatoms. The molecular formula is C20H16N2O. The van der Waals surface area contributed by atoms with Crippen molar-refractivity contribution in [1.29, 1.82) is 0 Å². The van der Waals surface area contributed by atoms with Crippen molar-refractivity contribution in [1.82, 2.24) is 9.55 Å². The van der Waals surface area contributed by atoms with Gasteiger partial charge in [-0.25, -0.2) is 4.98 Å². The van der Waals surface area contributed by atoms with Gasteiger partial charge in [-0.05, 0) is 31.2 Å². The highest BCUT2D eigenvalue weighted by atomic mass is 16.3. The maximum atomic E-state index is 9.88. The average molecular weight is 300 g/mol. The number of hydrogen-bond acceptors (Lipinski definition) is 2. The third kappa shape index (κ3) is 2.36. The molecule has 0 spiro atoms. The molecule has 4 rings (SSSR count). The van der Waals surface area contributed by atoms with E-state index in [4.69, 9.17) is 4.98 Å². The minimum Gasteiger partial charge on any atom is -0.508 e. The van der Waals surface area contributed by atoms with Crippen molar-refractivity contribution >= 4 is 11.0 Å². The van der Waals surface area contributed by atoms with Crippen molar-refractivity contribution in [3.8, 4) is 22.8 Å². The van der Waals surface area contributed by atoms with Crippen LogP contribution in [-0.4, -0.2) is 14.7 Å². The maximum Gasteiger partial charge on any atom is 0.145 e. The molecule has 0 amide bonds. The Morgan fingerprint density at radius 1 is 0.870 bits per heavy atom. The number of fused-ring (bicyclic) bond motifs is 1. The quantitative estimate of drug-likeness (QED) is 0.582. The second kappa shape index (κ2) is 5.29. The maximum absolute atomic E-state index is 9.88. The van der Waals surface area contributed by atoms with Crippen molar-refractivity contribution in [2.45, 2.75) is 6.92 Å². The lowest BCUT2D eigenvalue weighted by molar-refractivity contribution is 0.476. The normalized spacial score (nSPS) is 11.0. The zero-order valence-electron chi connectivity index (χ0n) is 12.8. The summed E-state index contributed by atoms with van der Waals surface area (Å²) in [6, 6.07) is 23.7. The molecule has 0 aliphatic carbocycles. The van der Waals surface area contributed by atoms with Crippen LogP contribution in [0.2, 0.25) is 0 Å². The molecule has 0 fully saturated rings. The number of aromatic nitrogens is 2. The third-order valence-corrected chi connectivity index (χ3v) is 3.96. The van der Waals surface area contributed by atoms with E-state index >= 15 is 0 Å². The summed E-state index contributed by atoms with van der Waals surface area (Å²) in [6.07, 6.45) is 0. The monoisotopic (exact) mass is 300 g/mol. The Hall–Kier alpha value is -3.07. The minimum absolute atomic E-state index is 0.241. The highest BCUT2D eigenvalue weighted by Gasteiger charge is 2.14. The zero-order valence-corrected chi connectivity index (χ0v) is 12.8. The van der Waals surface area contributed by atoms with Crippen LogP contribution >= 0.6 is 0 Å². The van der Waals surface area contributed by atoms with Gasteiger partial charge in [0.2, 0.25) is 0 Å². The van der Waals surface area contributed by atoms with Gasteiger partial charge in [0, 0.05) is 17.3 Å². The number of hydrogen-bond donors (Lipinski definition) is 1. The molecule has 0 bridgehead atoms. The lowest BCUT2D eigenvalue weighted by atomic mass is 10.2. The second-order valence-electron chi connectivity index (χ2n) is 5.65. The number of nitrogens with zero attached hydrogens (tertiary/aromatic N) is 2. The Morgan fingerprint density at radius 3 is 2.35 bits per heavy atom. The Balaban J connectivity index is 2.06. The Morgan fingerprint density at radius 2 is 1.61 bits per heavy atom. The van der Waals surface area contributed by atoms with Crippen LogP contribution in [0, 0.1) is 6.92 Å². The minimum atomic E-state index is 0.241. The van der Waals surface area contributed by atoms with E-state index in [2.05, 4.69) is 35.8 Å². The number of rotatable bonds is 2. The van der Waals surface area contributed by atoms with Gasteiger partial charge >= 0.3 is 0 Å². The molecule has 0 aliphatic rings. The summed E-state index contributed by atoms with van der Waals surface area (Å²) in [5.41, 5.74) is 5.04. The van der Waals surface area contributed by atoms with Crippen LogP contribution < -0.4 is 0 Å². The molecule has 23 heavy (non-hydrogen) atoms. The van der Waals surface area contributed by atoms with E-state index in [0.29, 0.717) is 0 Å². The first-order chi connectivity index (χ1) is 11.2. The molecule has 0 radical (unpaired) electrons. The van der Waals surface area contributed by atoms with E-state index in [1.54, 1.807) is 12.1 Å². The summed E-state index contributed by atoms with van der Waals surface area (Å²) in [7, 11) is 0. The summed E-state index contributed by atoms with van der Waals surface area (Å²) >= 11 is 0. The standard InChI is InChI=1S/C20H16N2O/c1-14-7-9-16(10-8-14)22-19-13-17(23)11-12-18(19)21-20(22)15-5-3-2-4-6-15/h2-13,23H,1H3. The van der Waals surface area contributed by atoms with Crippen LogP contribution in [0.15, 0.2) is 72.8 Å². The number of phenols is 1. The van der Waals surface area contributed by atoms with Crippen molar-refractivity contribution in [2.75, 3.05) is 0 Å². The Labute approximate surface area is 134 Å². The zero-order chi connectivity index (χ0) is 15.8. The summed E-state index contributed by atoms with van der Waals surface area (Å²) < 4.78 is 2.09. The molecule has 3 nitrogen and oxygen atoms in total. The first-order valence-corrected chi connectivity index (χ1v) is 7.56. The molecule has 0 aliphatic heterocycles. The SMILES string of the molecule is Cc1ccc(-n2c(-c3ccccc3)nc3ccc(O)cc32)cc1. The molecule has 1 aromatic heterocycles. The molecule has 0 saturated heterocycles. The van der Waals surface area contributed by atoms with Crippen molar-refractivity contribution < 1.29 is 5.11 Å². The van der Waals surface area contributed by atoms with E-state index < -0.39 is 0 Å². The van der Waals surface area contributed by atoms with Crippen LogP contribution in [-0.2, 0) is 0 Å². The van der Waals surface area contributed by atoms with Crippen LogP contribution in [0.3, 0.4) is 0 Å². The van der Waals surface area contributed by atoms with E-state index in [-0.39, 0.29) is 5.75 Å². The van der Waals surface area contributed by atoms with Crippen LogP contribution in [0.1, 0.15) is 5.56 Å². The van der Waals surface area contributed by atoms with Crippen molar-refractivity contribution in [3.05, 3.63) is 78.4 Å². The topological polar surface area (TPSA) is 38.0 Å².